The summed E-state index contributed by atoms with van der Waals surface area (Å²) in [4.78, 5) is 0. The molecule has 3 rings (SSSR count). The van der Waals surface area contributed by atoms with Gasteiger partial charge in [0.15, 0.2) is 0 Å². The standard InChI is InChI=1S/C32H44F3N5O3/c33-32(34,35)28-16-25(24-13-23(22-41-10-2-6-37)14-30(19-24)42-11-3-7-38)15-26(17-28)27-18-29(40-9-1-5-36)21-31(20-27)43-12-4-8-39/h13-21,40H,1-12,22,36-39H2. The zero-order chi connectivity index (χ0) is 31.1. The van der Waals surface area contributed by atoms with Gasteiger partial charge in [-0.25, -0.2) is 0 Å². The summed E-state index contributed by atoms with van der Waals surface area (Å²) in [7, 11) is 0. The lowest BCUT2D eigenvalue weighted by Gasteiger charge is -2.17. The van der Waals surface area contributed by atoms with E-state index in [4.69, 9.17) is 37.1 Å². The third-order valence-corrected chi connectivity index (χ3v) is 6.51. The minimum absolute atomic E-state index is 0.271. The lowest BCUT2D eigenvalue weighted by Crippen LogP contribution is -2.09. The molecule has 43 heavy (non-hydrogen) atoms. The van der Waals surface area contributed by atoms with Crippen LogP contribution in [0.5, 0.6) is 11.5 Å². The van der Waals surface area contributed by atoms with Crippen molar-refractivity contribution in [3.8, 4) is 33.8 Å². The maximum absolute atomic E-state index is 14.2. The Balaban J connectivity index is 2.09. The lowest BCUT2D eigenvalue weighted by molar-refractivity contribution is -0.137. The first-order valence-electron chi connectivity index (χ1n) is 14.7. The second-order valence-electron chi connectivity index (χ2n) is 10.2. The fourth-order valence-electron chi connectivity index (χ4n) is 4.33. The van der Waals surface area contributed by atoms with Gasteiger partial charge in [-0.2, -0.15) is 13.2 Å². The van der Waals surface area contributed by atoms with Crippen LogP contribution in [-0.4, -0.2) is 52.5 Å². The van der Waals surface area contributed by atoms with Crippen molar-refractivity contribution < 1.29 is 27.4 Å². The molecule has 8 nitrogen and oxygen atoms in total. The second kappa shape index (κ2) is 17.7. The van der Waals surface area contributed by atoms with Crippen LogP contribution in [0, 0.1) is 0 Å². The molecule has 3 aromatic rings. The van der Waals surface area contributed by atoms with E-state index in [1.54, 1.807) is 18.2 Å². The molecular weight excluding hydrogens is 559 g/mol. The van der Waals surface area contributed by atoms with Crippen molar-refractivity contribution in [2.24, 2.45) is 22.9 Å². The molecule has 3 aromatic carbocycles. The van der Waals surface area contributed by atoms with Crippen LogP contribution in [0.15, 0.2) is 54.6 Å². The Morgan fingerprint density at radius 2 is 1.12 bits per heavy atom. The largest absolute Gasteiger partial charge is 0.494 e. The third kappa shape index (κ3) is 11.3. The van der Waals surface area contributed by atoms with Crippen molar-refractivity contribution in [1.82, 2.24) is 0 Å². The summed E-state index contributed by atoms with van der Waals surface area (Å²) in [5.41, 5.74) is 25.1. The Hall–Kier alpha value is -3.35. The van der Waals surface area contributed by atoms with Crippen molar-refractivity contribution in [1.29, 1.82) is 0 Å². The molecule has 0 atom stereocenters. The molecule has 0 radical (unpaired) electrons. The van der Waals surface area contributed by atoms with E-state index < -0.39 is 11.7 Å². The van der Waals surface area contributed by atoms with Crippen LogP contribution in [0.25, 0.3) is 22.3 Å². The minimum Gasteiger partial charge on any atom is -0.494 e. The smallest absolute Gasteiger partial charge is 0.416 e. The molecule has 0 bridgehead atoms. The van der Waals surface area contributed by atoms with E-state index in [1.807, 2.05) is 24.3 Å². The van der Waals surface area contributed by atoms with E-state index in [9.17, 15) is 13.2 Å². The number of hydrogen-bond donors (Lipinski definition) is 5. The van der Waals surface area contributed by atoms with Crippen molar-refractivity contribution in [3.63, 3.8) is 0 Å². The van der Waals surface area contributed by atoms with Gasteiger partial charge in [-0.15, -0.1) is 0 Å². The molecule has 0 saturated heterocycles. The number of rotatable bonds is 19. The topological polar surface area (TPSA) is 144 Å². The average Bonchev–Trinajstić information content (AvgIpc) is 2.99. The first-order chi connectivity index (χ1) is 20.8. The molecule has 0 amide bonds. The summed E-state index contributed by atoms with van der Waals surface area (Å²) in [6.45, 7) is 4.08. The molecule has 0 spiro atoms. The maximum atomic E-state index is 14.2. The van der Waals surface area contributed by atoms with Crippen molar-refractivity contribution >= 4 is 5.69 Å². The van der Waals surface area contributed by atoms with Gasteiger partial charge in [0.25, 0.3) is 0 Å². The Bertz CT molecular complexity index is 1250. The van der Waals surface area contributed by atoms with Crippen molar-refractivity contribution in [2.75, 3.05) is 57.9 Å². The molecule has 236 valence electrons. The van der Waals surface area contributed by atoms with Gasteiger partial charge in [-0.05, 0) is 128 Å². The highest BCUT2D eigenvalue weighted by Crippen LogP contribution is 2.39. The molecule has 0 saturated carbocycles. The highest BCUT2D eigenvalue weighted by atomic mass is 19.4. The molecule has 0 aliphatic carbocycles. The van der Waals surface area contributed by atoms with Gasteiger partial charge in [0, 0.05) is 24.9 Å². The summed E-state index contributed by atoms with van der Waals surface area (Å²) in [6, 6.07) is 14.8. The van der Waals surface area contributed by atoms with E-state index in [0.29, 0.717) is 106 Å². The highest BCUT2D eigenvalue weighted by molar-refractivity contribution is 5.78. The van der Waals surface area contributed by atoms with Crippen LogP contribution >= 0.6 is 0 Å². The summed E-state index contributed by atoms with van der Waals surface area (Å²) < 4.78 is 60.2. The number of ether oxygens (including phenoxy) is 3. The Kier molecular flexibility index (Phi) is 14.0. The van der Waals surface area contributed by atoms with Gasteiger partial charge in [0.2, 0.25) is 0 Å². The lowest BCUT2D eigenvalue weighted by atomic mass is 9.94. The Labute approximate surface area is 251 Å². The molecule has 11 heteroatoms. The number of hydrogen-bond acceptors (Lipinski definition) is 8. The molecule has 0 aromatic heterocycles. The van der Waals surface area contributed by atoms with Crippen LogP contribution in [0.4, 0.5) is 18.9 Å². The molecule has 0 fully saturated rings. The first kappa shape index (κ1) is 34.1. The number of halogens is 3. The fourth-order valence-corrected chi connectivity index (χ4v) is 4.33. The summed E-state index contributed by atoms with van der Waals surface area (Å²) >= 11 is 0. The predicted molar refractivity (Wildman–Crippen MR) is 166 cm³/mol. The van der Waals surface area contributed by atoms with Crippen LogP contribution in [0.3, 0.4) is 0 Å². The summed E-state index contributed by atoms with van der Waals surface area (Å²) in [6.07, 6.45) is -1.83. The number of anilines is 1. The number of alkyl halides is 3. The highest BCUT2D eigenvalue weighted by Gasteiger charge is 2.31. The van der Waals surface area contributed by atoms with Gasteiger partial charge in [-0.3, -0.25) is 0 Å². The molecule has 9 N–H and O–H groups in total. The monoisotopic (exact) mass is 603 g/mol. The third-order valence-electron chi connectivity index (χ3n) is 6.51. The quantitative estimate of drug-likeness (QED) is 0.119. The van der Waals surface area contributed by atoms with Gasteiger partial charge < -0.3 is 42.5 Å². The number of nitrogens with two attached hydrogens (primary N) is 4. The molecule has 0 aliphatic rings. The van der Waals surface area contributed by atoms with E-state index in [-0.39, 0.29) is 6.61 Å². The molecule has 0 unspecified atom stereocenters. The van der Waals surface area contributed by atoms with Crippen LogP contribution in [-0.2, 0) is 17.5 Å². The predicted octanol–water partition coefficient (Wildman–Crippen LogP) is 5.12. The molecule has 0 heterocycles. The maximum Gasteiger partial charge on any atom is 0.416 e. The van der Waals surface area contributed by atoms with Crippen LogP contribution < -0.4 is 37.7 Å². The van der Waals surface area contributed by atoms with Crippen LogP contribution in [0.1, 0.15) is 36.8 Å². The Morgan fingerprint density at radius 3 is 1.70 bits per heavy atom. The zero-order valence-electron chi connectivity index (χ0n) is 24.6. The van der Waals surface area contributed by atoms with Gasteiger partial charge in [0.1, 0.15) is 11.5 Å². The van der Waals surface area contributed by atoms with Crippen molar-refractivity contribution in [2.45, 2.75) is 38.5 Å². The SMILES string of the molecule is NCCCNc1cc(OCCCN)cc(-c2cc(-c3cc(COCCCN)cc(OCCCN)c3)cc(C(F)(F)F)c2)c1. The van der Waals surface area contributed by atoms with E-state index in [2.05, 4.69) is 5.32 Å². The van der Waals surface area contributed by atoms with Gasteiger partial charge >= 0.3 is 6.18 Å². The number of nitrogens with one attached hydrogen (secondary N) is 1. The Morgan fingerprint density at radius 1 is 0.581 bits per heavy atom. The van der Waals surface area contributed by atoms with Gasteiger partial charge in [-0.1, -0.05) is 0 Å². The van der Waals surface area contributed by atoms with E-state index in [1.165, 1.54) is 0 Å². The van der Waals surface area contributed by atoms with E-state index >= 15 is 0 Å². The van der Waals surface area contributed by atoms with Gasteiger partial charge in [0.05, 0.1) is 25.4 Å². The second-order valence-corrected chi connectivity index (χ2v) is 10.2. The summed E-state index contributed by atoms with van der Waals surface area (Å²) in [5.74, 6) is 1.07. The molecular formula is C32H44F3N5O3. The normalized spacial score (nSPS) is 11.5. The number of benzene rings is 3. The first-order valence-corrected chi connectivity index (χ1v) is 14.7. The van der Waals surface area contributed by atoms with E-state index in [0.717, 1.165) is 29.8 Å². The average molecular weight is 604 g/mol. The zero-order valence-corrected chi connectivity index (χ0v) is 24.6. The van der Waals surface area contributed by atoms with Crippen LogP contribution in [0.2, 0.25) is 0 Å². The van der Waals surface area contributed by atoms with Crippen molar-refractivity contribution in [3.05, 3.63) is 65.7 Å². The molecule has 0 aliphatic heterocycles. The fraction of sp³-hybridized carbons (Fsp3) is 0.438. The minimum atomic E-state index is -4.56. The summed E-state index contributed by atoms with van der Waals surface area (Å²) in [5, 5.41) is 3.29.